The first-order valence-electron chi connectivity index (χ1n) is 10.2. The molecule has 6 heteroatoms. The van der Waals surface area contributed by atoms with E-state index in [4.69, 9.17) is 14.2 Å². The quantitative estimate of drug-likeness (QED) is 0.531. The SMILES string of the molecule is CC(=O)c1cccc(OCC(=O)c2cc(C)n(C[C@H]3COc4ccccc4O3)c2C)c1. The lowest BCUT2D eigenvalue weighted by Crippen LogP contribution is -2.33. The second-order valence-corrected chi connectivity index (χ2v) is 7.69. The Kier molecular flexibility index (Phi) is 5.80. The molecule has 0 fully saturated rings. The molecule has 2 aromatic carbocycles. The number of rotatable bonds is 7. The molecule has 0 radical (unpaired) electrons. The Bertz CT molecular complexity index is 1130. The lowest BCUT2D eigenvalue weighted by Gasteiger charge is -2.27. The van der Waals surface area contributed by atoms with E-state index < -0.39 is 0 Å². The fourth-order valence-electron chi connectivity index (χ4n) is 3.75. The van der Waals surface area contributed by atoms with Crippen LogP contribution in [0.5, 0.6) is 17.2 Å². The zero-order chi connectivity index (χ0) is 22.0. The Morgan fingerprint density at radius 2 is 1.84 bits per heavy atom. The molecule has 1 aromatic heterocycles. The first kappa shape index (κ1) is 20.7. The molecule has 0 saturated carbocycles. The third-order valence-corrected chi connectivity index (χ3v) is 5.44. The molecular weight excluding hydrogens is 394 g/mol. The van der Waals surface area contributed by atoms with Gasteiger partial charge in [-0.1, -0.05) is 24.3 Å². The van der Waals surface area contributed by atoms with Gasteiger partial charge in [-0.25, -0.2) is 0 Å². The summed E-state index contributed by atoms with van der Waals surface area (Å²) in [6.07, 6.45) is -0.145. The maximum atomic E-state index is 12.8. The topological polar surface area (TPSA) is 66.8 Å². The van der Waals surface area contributed by atoms with E-state index in [0.29, 0.717) is 30.0 Å². The summed E-state index contributed by atoms with van der Waals surface area (Å²) in [5.41, 5.74) is 3.02. The number of ketones is 2. The summed E-state index contributed by atoms with van der Waals surface area (Å²) in [4.78, 5) is 24.3. The molecule has 160 valence electrons. The number of carbonyl (C=O) groups is 2. The van der Waals surface area contributed by atoms with Crippen LogP contribution in [0, 0.1) is 13.8 Å². The van der Waals surface area contributed by atoms with E-state index >= 15 is 0 Å². The minimum atomic E-state index is -0.145. The molecule has 4 rings (SSSR count). The van der Waals surface area contributed by atoms with Crippen molar-refractivity contribution in [3.63, 3.8) is 0 Å². The summed E-state index contributed by atoms with van der Waals surface area (Å²) in [5.74, 6) is 1.83. The van der Waals surface area contributed by atoms with Crippen LogP contribution in [0.25, 0.3) is 0 Å². The van der Waals surface area contributed by atoms with Crippen LogP contribution in [0.4, 0.5) is 0 Å². The Labute approximate surface area is 181 Å². The highest BCUT2D eigenvalue weighted by molar-refractivity contribution is 5.98. The van der Waals surface area contributed by atoms with Crippen molar-refractivity contribution < 1.29 is 23.8 Å². The van der Waals surface area contributed by atoms with Crippen molar-refractivity contribution >= 4 is 11.6 Å². The Morgan fingerprint density at radius 1 is 1.06 bits per heavy atom. The molecule has 1 atom stereocenters. The second-order valence-electron chi connectivity index (χ2n) is 7.69. The number of ether oxygens (including phenoxy) is 3. The van der Waals surface area contributed by atoms with Gasteiger partial charge in [-0.15, -0.1) is 0 Å². The fraction of sp³-hybridized carbons (Fsp3) is 0.280. The van der Waals surface area contributed by atoms with Crippen molar-refractivity contribution in [2.24, 2.45) is 0 Å². The summed E-state index contributed by atoms with van der Waals surface area (Å²) in [6.45, 7) is 6.33. The van der Waals surface area contributed by atoms with Gasteiger partial charge in [0.05, 0.1) is 6.54 Å². The summed E-state index contributed by atoms with van der Waals surface area (Å²) in [6, 6.07) is 16.3. The smallest absolute Gasteiger partial charge is 0.202 e. The molecular formula is C25H25NO5. The van der Waals surface area contributed by atoms with E-state index in [1.165, 1.54) is 6.92 Å². The number of carbonyl (C=O) groups excluding carboxylic acids is 2. The molecule has 0 amide bonds. The van der Waals surface area contributed by atoms with E-state index in [9.17, 15) is 9.59 Å². The zero-order valence-corrected chi connectivity index (χ0v) is 17.9. The molecule has 0 N–H and O–H groups in total. The first-order chi connectivity index (χ1) is 14.9. The second kappa shape index (κ2) is 8.68. The zero-order valence-electron chi connectivity index (χ0n) is 17.9. The van der Waals surface area contributed by atoms with E-state index in [1.807, 2.05) is 44.2 Å². The third kappa shape index (κ3) is 4.48. The van der Waals surface area contributed by atoms with Crippen molar-refractivity contribution in [3.8, 4) is 17.2 Å². The highest BCUT2D eigenvalue weighted by Gasteiger charge is 2.24. The van der Waals surface area contributed by atoms with Gasteiger partial charge in [0.25, 0.3) is 0 Å². The van der Waals surface area contributed by atoms with Crippen molar-refractivity contribution in [2.45, 2.75) is 33.4 Å². The number of fused-ring (bicyclic) bond motifs is 1. The largest absolute Gasteiger partial charge is 0.486 e. The lowest BCUT2D eigenvalue weighted by atomic mass is 10.1. The van der Waals surface area contributed by atoms with Crippen LogP contribution in [-0.2, 0) is 6.54 Å². The van der Waals surface area contributed by atoms with E-state index in [1.54, 1.807) is 24.3 Å². The minimum Gasteiger partial charge on any atom is -0.486 e. The standard InChI is InChI=1S/C25H25NO5/c1-16-11-22(23(28)15-29-20-8-6-7-19(12-20)18(3)27)17(2)26(16)13-21-14-30-24-9-4-5-10-25(24)31-21/h4-12,21H,13-15H2,1-3H3/t21-/m0/s1. The molecule has 0 unspecified atom stereocenters. The number of Topliss-reactive ketones (excluding diaryl/α,β-unsaturated/α-hetero) is 2. The predicted molar refractivity (Wildman–Crippen MR) is 117 cm³/mol. The number of nitrogens with zero attached hydrogens (tertiary/aromatic N) is 1. The molecule has 2 heterocycles. The van der Waals surface area contributed by atoms with Gasteiger partial charge >= 0.3 is 0 Å². The number of para-hydroxylation sites is 2. The fourth-order valence-corrected chi connectivity index (χ4v) is 3.75. The average molecular weight is 419 g/mol. The Balaban J connectivity index is 1.43. The third-order valence-electron chi connectivity index (χ3n) is 5.44. The number of aryl methyl sites for hydroxylation is 1. The van der Waals surface area contributed by atoms with Crippen molar-refractivity contribution in [2.75, 3.05) is 13.2 Å². The van der Waals surface area contributed by atoms with Crippen LogP contribution >= 0.6 is 0 Å². The van der Waals surface area contributed by atoms with Crippen LogP contribution in [0.15, 0.2) is 54.6 Å². The minimum absolute atomic E-state index is 0.0446. The van der Waals surface area contributed by atoms with Gasteiger partial charge in [-0.2, -0.15) is 0 Å². The van der Waals surface area contributed by atoms with Crippen LogP contribution in [0.2, 0.25) is 0 Å². The summed E-state index contributed by atoms with van der Waals surface area (Å²) < 4.78 is 19.6. The van der Waals surface area contributed by atoms with Gasteiger partial charge in [0.2, 0.25) is 5.78 Å². The van der Waals surface area contributed by atoms with E-state index in [0.717, 1.165) is 22.9 Å². The Morgan fingerprint density at radius 3 is 2.61 bits per heavy atom. The van der Waals surface area contributed by atoms with Gasteiger partial charge in [0.15, 0.2) is 30.0 Å². The normalized spacial score (nSPS) is 14.9. The number of benzene rings is 2. The van der Waals surface area contributed by atoms with Gasteiger partial charge in [0.1, 0.15) is 12.4 Å². The number of hydrogen-bond donors (Lipinski definition) is 0. The highest BCUT2D eigenvalue weighted by Crippen LogP contribution is 2.31. The highest BCUT2D eigenvalue weighted by atomic mass is 16.6. The molecule has 0 saturated heterocycles. The molecule has 1 aliphatic rings. The monoisotopic (exact) mass is 419 g/mol. The molecule has 6 nitrogen and oxygen atoms in total. The van der Waals surface area contributed by atoms with Gasteiger partial charge in [0, 0.05) is 22.5 Å². The molecule has 3 aromatic rings. The molecule has 1 aliphatic heterocycles. The van der Waals surface area contributed by atoms with Gasteiger partial charge in [-0.05, 0) is 51.1 Å². The summed E-state index contributed by atoms with van der Waals surface area (Å²) in [5, 5.41) is 0. The van der Waals surface area contributed by atoms with Crippen LogP contribution in [-0.4, -0.2) is 35.5 Å². The lowest BCUT2D eigenvalue weighted by molar-refractivity contribution is 0.0777. The van der Waals surface area contributed by atoms with Crippen LogP contribution in [0.3, 0.4) is 0 Å². The molecule has 0 bridgehead atoms. The first-order valence-corrected chi connectivity index (χ1v) is 10.2. The maximum Gasteiger partial charge on any atom is 0.202 e. The number of aromatic nitrogens is 1. The Hall–Kier alpha value is -3.54. The van der Waals surface area contributed by atoms with Crippen molar-refractivity contribution in [3.05, 3.63) is 77.1 Å². The maximum absolute atomic E-state index is 12.8. The van der Waals surface area contributed by atoms with Crippen LogP contribution in [0.1, 0.15) is 39.0 Å². The molecule has 0 spiro atoms. The molecule has 0 aliphatic carbocycles. The van der Waals surface area contributed by atoms with E-state index in [2.05, 4.69) is 4.57 Å². The molecule has 31 heavy (non-hydrogen) atoms. The summed E-state index contributed by atoms with van der Waals surface area (Å²) >= 11 is 0. The predicted octanol–water partition coefficient (Wildman–Crippen LogP) is 4.41. The summed E-state index contributed by atoms with van der Waals surface area (Å²) in [7, 11) is 0. The van der Waals surface area contributed by atoms with E-state index in [-0.39, 0.29) is 24.3 Å². The number of hydrogen-bond acceptors (Lipinski definition) is 5. The van der Waals surface area contributed by atoms with Crippen LogP contribution < -0.4 is 14.2 Å². The van der Waals surface area contributed by atoms with Crippen molar-refractivity contribution in [1.82, 2.24) is 4.57 Å². The van der Waals surface area contributed by atoms with Crippen molar-refractivity contribution in [1.29, 1.82) is 0 Å². The van der Waals surface area contributed by atoms with Gasteiger partial charge in [-0.3, -0.25) is 9.59 Å². The van der Waals surface area contributed by atoms with Gasteiger partial charge < -0.3 is 18.8 Å². The average Bonchev–Trinajstić information content (AvgIpc) is 3.06.